The highest BCUT2D eigenvalue weighted by Crippen LogP contribution is 2.26. The van der Waals surface area contributed by atoms with Crippen molar-refractivity contribution in [3.8, 4) is 5.75 Å². The highest BCUT2D eigenvalue weighted by atomic mass is 32.2. The van der Waals surface area contributed by atoms with Gasteiger partial charge in [0.1, 0.15) is 0 Å². The lowest BCUT2D eigenvalue weighted by atomic mass is 10.2. The van der Waals surface area contributed by atoms with Crippen LogP contribution >= 0.6 is 11.8 Å². The van der Waals surface area contributed by atoms with Crippen molar-refractivity contribution in [1.29, 1.82) is 0 Å². The number of aromatic nitrogens is 1. The molecule has 0 aliphatic carbocycles. The van der Waals surface area contributed by atoms with E-state index in [0.717, 1.165) is 5.03 Å². The predicted molar refractivity (Wildman–Crippen MR) is 94.9 cm³/mol. The Morgan fingerprint density at radius 1 is 1.44 bits per heavy atom. The van der Waals surface area contributed by atoms with E-state index >= 15 is 0 Å². The molecule has 0 saturated carbocycles. The van der Waals surface area contributed by atoms with Crippen molar-refractivity contribution in [2.24, 2.45) is 5.10 Å². The molecule has 1 unspecified atom stereocenters. The smallest absolute Gasteiger partial charge is 0.311 e. The summed E-state index contributed by atoms with van der Waals surface area (Å²) >= 11 is 1.31. The normalized spacial score (nSPS) is 11.9. The quantitative estimate of drug-likeness (QED) is 0.352. The molecule has 8 nitrogen and oxygen atoms in total. The number of carbonyl (C=O) groups excluding carboxylic acids is 1. The van der Waals surface area contributed by atoms with Crippen LogP contribution < -0.4 is 10.2 Å². The minimum Gasteiger partial charge on any atom is -0.490 e. The number of methoxy groups -OCH3 is 1. The molecule has 0 aliphatic rings. The van der Waals surface area contributed by atoms with Crippen molar-refractivity contribution < 1.29 is 14.5 Å². The number of ether oxygens (including phenoxy) is 1. The molecule has 1 N–H and O–H groups in total. The second kappa shape index (κ2) is 8.78. The predicted octanol–water partition coefficient (Wildman–Crippen LogP) is 2.63. The van der Waals surface area contributed by atoms with E-state index in [2.05, 4.69) is 15.5 Å². The zero-order chi connectivity index (χ0) is 18.2. The maximum Gasteiger partial charge on any atom is 0.311 e. The zero-order valence-electron chi connectivity index (χ0n) is 13.6. The van der Waals surface area contributed by atoms with E-state index in [4.69, 9.17) is 4.74 Å². The number of hydrogen-bond donors (Lipinski definition) is 1. The summed E-state index contributed by atoms with van der Waals surface area (Å²) in [5.74, 6) is -0.138. The van der Waals surface area contributed by atoms with Crippen molar-refractivity contribution >= 4 is 29.6 Å². The average molecular weight is 360 g/mol. The van der Waals surface area contributed by atoms with Crippen molar-refractivity contribution in [2.75, 3.05) is 7.11 Å². The Labute approximate surface area is 148 Å². The van der Waals surface area contributed by atoms with E-state index < -0.39 is 10.2 Å². The molecular weight excluding hydrogens is 344 g/mol. The molecule has 0 saturated heterocycles. The zero-order valence-corrected chi connectivity index (χ0v) is 14.4. The van der Waals surface area contributed by atoms with Gasteiger partial charge in [0.25, 0.3) is 5.91 Å². The van der Waals surface area contributed by atoms with Gasteiger partial charge in [-0.05, 0) is 31.2 Å². The number of pyridine rings is 1. The summed E-state index contributed by atoms with van der Waals surface area (Å²) in [6.07, 6.45) is 2.99. The van der Waals surface area contributed by atoms with Crippen LogP contribution in [-0.2, 0) is 4.79 Å². The summed E-state index contributed by atoms with van der Waals surface area (Å²) in [6, 6.07) is 9.85. The number of thioether (sulfide) groups is 1. The molecule has 130 valence electrons. The SMILES string of the molecule is COc1ccc(/C=N/NC(=O)C(C)Sc2ccccn2)cc1[N+](=O)[O-]. The summed E-state index contributed by atoms with van der Waals surface area (Å²) in [6.45, 7) is 1.74. The molecule has 1 aromatic carbocycles. The molecule has 1 heterocycles. The van der Waals surface area contributed by atoms with Gasteiger partial charge in [-0.3, -0.25) is 14.9 Å². The Bertz CT molecular complexity index is 783. The summed E-state index contributed by atoms with van der Waals surface area (Å²) < 4.78 is 4.93. The van der Waals surface area contributed by atoms with Gasteiger partial charge >= 0.3 is 5.69 Å². The van der Waals surface area contributed by atoms with Gasteiger partial charge in [-0.15, -0.1) is 0 Å². The van der Waals surface area contributed by atoms with E-state index in [0.29, 0.717) is 5.56 Å². The summed E-state index contributed by atoms with van der Waals surface area (Å²) in [7, 11) is 1.36. The standard InChI is InChI=1S/C16H16N4O4S/c1-11(25-15-5-3-4-8-17-15)16(21)19-18-10-12-6-7-14(24-2)13(9-12)20(22)23/h3-11H,1-2H3,(H,19,21)/b18-10+. The molecule has 9 heteroatoms. The van der Waals surface area contributed by atoms with E-state index in [1.54, 1.807) is 25.3 Å². The molecule has 2 rings (SSSR count). The van der Waals surface area contributed by atoms with E-state index in [1.807, 2.05) is 12.1 Å². The number of nitro benzene ring substituents is 1. The monoisotopic (exact) mass is 360 g/mol. The van der Waals surface area contributed by atoms with Crippen LogP contribution in [0.15, 0.2) is 52.7 Å². The number of nitrogens with one attached hydrogen (secondary N) is 1. The third-order valence-electron chi connectivity index (χ3n) is 3.09. The lowest BCUT2D eigenvalue weighted by Crippen LogP contribution is -2.26. The highest BCUT2D eigenvalue weighted by molar-refractivity contribution is 8.00. The fourth-order valence-corrected chi connectivity index (χ4v) is 2.64. The minimum absolute atomic E-state index is 0.159. The number of hydrazone groups is 1. The minimum atomic E-state index is -0.541. The van der Waals surface area contributed by atoms with Gasteiger partial charge in [0.05, 0.1) is 28.5 Å². The third-order valence-corrected chi connectivity index (χ3v) is 4.14. The molecule has 0 bridgehead atoms. The molecule has 0 radical (unpaired) electrons. The first-order chi connectivity index (χ1) is 12.0. The third kappa shape index (κ3) is 5.28. The first-order valence-corrected chi connectivity index (χ1v) is 8.12. The number of carbonyl (C=O) groups is 1. The number of nitro groups is 1. The van der Waals surface area contributed by atoms with Gasteiger partial charge in [-0.25, -0.2) is 10.4 Å². The van der Waals surface area contributed by atoms with Gasteiger partial charge in [-0.2, -0.15) is 5.10 Å². The molecule has 1 aromatic heterocycles. The van der Waals surface area contributed by atoms with Crippen LogP contribution in [0, 0.1) is 10.1 Å². The van der Waals surface area contributed by atoms with Crippen LogP contribution in [0.5, 0.6) is 5.75 Å². The van der Waals surface area contributed by atoms with Crippen molar-refractivity contribution in [2.45, 2.75) is 17.2 Å². The lowest BCUT2D eigenvalue weighted by Gasteiger charge is -2.08. The van der Waals surface area contributed by atoms with Gasteiger partial charge in [0, 0.05) is 17.8 Å². The molecular formula is C16H16N4O4S. The lowest BCUT2D eigenvalue weighted by molar-refractivity contribution is -0.385. The number of hydrogen-bond acceptors (Lipinski definition) is 7. The maximum absolute atomic E-state index is 12.0. The Morgan fingerprint density at radius 2 is 2.24 bits per heavy atom. The summed E-state index contributed by atoms with van der Waals surface area (Å²) in [4.78, 5) is 26.6. The summed E-state index contributed by atoms with van der Waals surface area (Å²) in [5, 5.41) is 15.2. The van der Waals surface area contributed by atoms with Gasteiger partial charge < -0.3 is 4.74 Å². The second-order valence-electron chi connectivity index (χ2n) is 4.85. The molecule has 2 aromatic rings. The Hall–Kier alpha value is -2.94. The van der Waals surface area contributed by atoms with Gasteiger partial charge in [0.2, 0.25) is 0 Å². The van der Waals surface area contributed by atoms with Gasteiger partial charge in [0.15, 0.2) is 5.75 Å². The topological polar surface area (TPSA) is 107 Å². The van der Waals surface area contributed by atoms with Crippen LogP contribution in [0.25, 0.3) is 0 Å². The first-order valence-electron chi connectivity index (χ1n) is 7.24. The Morgan fingerprint density at radius 3 is 2.88 bits per heavy atom. The highest BCUT2D eigenvalue weighted by Gasteiger charge is 2.15. The molecule has 1 amide bonds. The van der Waals surface area contributed by atoms with Crippen LogP contribution in [0.3, 0.4) is 0 Å². The molecule has 0 fully saturated rings. The van der Waals surface area contributed by atoms with Crippen molar-refractivity contribution in [3.05, 3.63) is 58.3 Å². The number of amides is 1. The maximum atomic E-state index is 12.0. The molecule has 0 spiro atoms. The number of nitrogens with zero attached hydrogens (tertiary/aromatic N) is 3. The van der Waals surface area contributed by atoms with Crippen LogP contribution in [0.1, 0.15) is 12.5 Å². The second-order valence-corrected chi connectivity index (χ2v) is 6.21. The van der Waals surface area contributed by atoms with Crippen LogP contribution in [-0.4, -0.2) is 34.4 Å². The van der Waals surface area contributed by atoms with Gasteiger partial charge in [-0.1, -0.05) is 17.8 Å². The van der Waals surface area contributed by atoms with E-state index in [9.17, 15) is 14.9 Å². The summed E-state index contributed by atoms with van der Waals surface area (Å²) in [5.41, 5.74) is 2.71. The number of rotatable bonds is 7. The largest absolute Gasteiger partial charge is 0.490 e. The first kappa shape index (κ1) is 18.4. The Kier molecular flexibility index (Phi) is 6.47. The molecule has 0 aliphatic heterocycles. The van der Waals surface area contributed by atoms with Crippen molar-refractivity contribution in [3.63, 3.8) is 0 Å². The van der Waals surface area contributed by atoms with E-state index in [-0.39, 0.29) is 17.3 Å². The fraction of sp³-hybridized carbons (Fsp3) is 0.188. The average Bonchev–Trinajstić information content (AvgIpc) is 2.62. The van der Waals surface area contributed by atoms with Crippen molar-refractivity contribution in [1.82, 2.24) is 10.4 Å². The van der Waals surface area contributed by atoms with Crippen LogP contribution in [0.2, 0.25) is 0 Å². The van der Waals surface area contributed by atoms with E-state index in [1.165, 1.54) is 37.2 Å². The van der Waals surface area contributed by atoms with Crippen LogP contribution in [0.4, 0.5) is 5.69 Å². The number of benzene rings is 1. The fourth-order valence-electron chi connectivity index (χ4n) is 1.84. The Balaban J connectivity index is 1.97. The molecule has 25 heavy (non-hydrogen) atoms. The molecule has 1 atom stereocenters.